The highest BCUT2D eigenvalue weighted by molar-refractivity contribution is 5.39. The number of hydrogen-bond acceptors (Lipinski definition) is 12. The average molecular weight is 893 g/mol. The quantitative estimate of drug-likeness (QED) is 0.0819. The molecule has 4 rings (SSSR count). The van der Waals surface area contributed by atoms with E-state index in [2.05, 4.69) is 130 Å². The van der Waals surface area contributed by atoms with E-state index in [1.807, 2.05) is 24.3 Å². The number of ether oxygens (including phenoxy) is 4. The molecule has 2 unspecified atom stereocenters. The molecular formula is C52H76O12. The Balaban J connectivity index is 1.25. The van der Waals surface area contributed by atoms with Crippen molar-refractivity contribution in [3.05, 3.63) is 130 Å². The topological polar surface area (TPSA) is 199 Å². The predicted octanol–water partition coefficient (Wildman–Crippen LogP) is 6.20. The van der Waals surface area contributed by atoms with Crippen LogP contribution >= 0.6 is 0 Å². The Kier molecular flexibility index (Phi) is 19.9. The lowest BCUT2D eigenvalue weighted by molar-refractivity contribution is -0.313. The molecule has 0 amide bonds. The van der Waals surface area contributed by atoms with Crippen molar-refractivity contribution in [3.63, 3.8) is 0 Å². The monoisotopic (exact) mass is 893 g/mol. The van der Waals surface area contributed by atoms with E-state index in [1.54, 1.807) is 0 Å². The van der Waals surface area contributed by atoms with Crippen LogP contribution in [0, 0.1) is 10.8 Å². The van der Waals surface area contributed by atoms with Gasteiger partial charge in [-0.1, -0.05) is 146 Å². The van der Waals surface area contributed by atoms with E-state index in [0.717, 1.165) is 33.4 Å². The van der Waals surface area contributed by atoms with Crippen LogP contribution in [0.25, 0.3) is 0 Å². The molecule has 0 aromatic heterocycles. The summed E-state index contributed by atoms with van der Waals surface area (Å²) in [7, 11) is 0. The Labute approximate surface area is 381 Å². The van der Waals surface area contributed by atoms with Gasteiger partial charge >= 0.3 is 0 Å². The minimum absolute atomic E-state index is 0.226. The highest BCUT2D eigenvalue weighted by Gasteiger charge is 2.47. The molecule has 0 spiro atoms. The lowest BCUT2D eigenvalue weighted by atomic mass is 9.71. The molecular weight excluding hydrogens is 817 g/mol. The summed E-state index contributed by atoms with van der Waals surface area (Å²) < 4.78 is 23.4. The van der Waals surface area contributed by atoms with Gasteiger partial charge in [-0.2, -0.15) is 0 Å². The highest BCUT2D eigenvalue weighted by Crippen LogP contribution is 2.44. The van der Waals surface area contributed by atoms with Crippen LogP contribution < -0.4 is 0 Å². The maximum Gasteiger partial charge on any atom is 0.186 e. The number of hydrogen-bond donors (Lipinski definition) is 8. The van der Waals surface area contributed by atoms with E-state index in [4.69, 9.17) is 18.9 Å². The largest absolute Gasteiger partial charge is 0.394 e. The molecule has 0 radical (unpaired) electrons. The first-order valence-corrected chi connectivity index (χ1v) is 22.5. The Morgan fingerprint density at radius 1 is 0.516 bits per heavy atom. The first-order chi connectivity index (χ1) is 30.1. The SMILES string of the molecule is CC1=C(/C=C/C(C)=C/C=C/C(C)=C/C=C/C=C(C)/C=C/C=C(C)/C=C/C2=C(C)C[C@@H](OC3O[C@H](CO)[C@@H](O)[C@H](O)[C@H]3O)CC2(C)C)C(C)(C)C[C@H](OC2O[C@H](CO)[C@@H](O)[C@H](O)[C@H]2O)C1. The molecule has 2 aliphatic carbocycles. The summed E-state index contributed by atoms with van der Waals surface area (Å²) in [5, 5.41) is 80.6. The summed E-state index contributed by atoms with van der Waals surface area (Å²) >= 11 is 0. The van der Waals surface area contributed by atoms with Crippen molar-refractivity contribution in [2.24, 2.45) is 10.8 Å². The molecule has 0 bridgehead atoms. The van der Waals surface area contributed by atoms with Crippen LogP contribution in [0.2, 0.25) is 0 Å². The second kappa shape index (κ2) is 23.9. The molecule has 12 heteroatoms. The fourth-order valence-electron chi connectivity index (χ4n) is 9.00. The lowest BCUT2D eigenvalue weighted by Crippen LogP contribution is -2.59. The molecule has 4 aliphatic rings. The summed E-state index contributed by atoms with van der Waals surface area (Å²) in [6, 6.07) is 0. The lowest BCUT2D eigenvalue weighted by Gasteiger charge is -2.43. The minimum atomic E-state index is -1.47. The van der Waals surface area contributed by atoms with E-state index in [0.29, 0.717) is 25.7 Å². The molecule has 2 fully saturated rings. The second-order valence-electron chi connectivity index (χ2n) is 19.3. The van der Waals surface area contributed by atoms with Gasteiger partial charge in [-0.3, -0.25) is 0 Å². The second-order valence-corrected chi connectivity index (χ2v) is 19.3. The number of aliphatic hydroxyl groups excluding tert-OH is 8. The van der Waals surface area contributed by atoms with E-state index in [-0.39, 0.29) is 23.0 Å². The van der Waals surface area contributed by atoms with Crippen molar-refractivity contribution in [1.29, 1.82) is 0 Å². The van der Waals surface area contributed by atoms with E-state index in [9.17, 15) is 40.9 Å². The van der Waals surface area contributed by atoms with E-state index in [1.165, 1.54) is 11.1 Å². The molecule has 64 heavy (non-hydrogen) atoms. The van der Waals surface area contributed by atoms with Crippen molar-refractivity contribution >= 4 is 0 Å². The molecule has 356 valence electrons. The molecule has 2 saturated heterocycles. The molecule has 0 saturated carbocycles. The van der Waals surface area contributed by atoms with Gasteiger partial charge in [-0.15, -0.1) is 0 Å². The predicted molar refractivity (Wildman–Crippen MR) is 249 cm³/mol. The fourth-order valence-corrected chi connectivity index (χ4v) is 9.00. The average Bonchev–Trinajstić information content (AvgIpc) is 3.21. The molecule has 0 aromatic rings. The summed E-state index contributed by atoms with van der Waals surface area (Å²) in [6.07, 6.45) is 18.2. The van der Waals surface area contributed by atoms with Crippen molar-refractivity contribution in [3.8, 4) is 0 Å². The van der Waals surface area contributed by atoms with Crippen LogP contribution in [0.1, 0.15) is 94.9 Å². The highest BCUT2D eigenvalue weighted by atomic mass is 16.7. The normalized spacial score (nSPS) is 35.1. The standard InChI is InChI=1S/C52H76O12/c1-31(17-13-19-33(3)21-23-39-35(5)25-37(27-51(39,7)8)61-49-47(59)45(57)43(55)41(29-53)63-49)15-11-12-16-32(2)18-14-20-34(4)22-24-40-36(6)26-38(28-52(40,9)10)62-50-48(60)46(58)44(56)42(30-54)64-50/h11-24,37-38,41-50,53-60H,25-30H2,1-10H3/b12-11+,17-13+,18-14+,23-21+,24-22+,31-15+,32-16+,33-19+,34-20+/t37-,38-,41-,42-,43-,44-,45+,46+,47-,48-,49?,50?/m1/s1. The van der Waals surface area contributed by atoms with Crippen LogP contribution in [0.15, 0.2) is 130 Å². The van der Waals surface area contributed by atoms with Crippen molar-refractivity contribution in [2.45, 2.75) is 169 Å². The number of allylic oxidation sites excluding steroid dienone is 20. The maximum absolute atomic E-state index is 10.5. The Morgan fingerprint density at radius 3 is 1.17 bits per heavy atom. The maximum atomic E-state index is 10.5. The fraction of sp³-hybridized carbons (Fsp3) is 0.577. The minimum Gasteiger partial charge on any atom is -0.394 e. The smallest absolute Gasteiger partial charge is 0.186 e. The number of aliphatic hydroxyl groups is 8. The van der Waals surface area contributed by atoms with E-state index >= 15 is 0 Å². The van der Waals surface area contributed by atoms with Gasteiger partial charge in [0, 0.05) is 0 Å². The van der Waals surface area contributed by atoms with Gasteiger partial charge in [0.2, 0.25) is 0 Å². The Bertz CT molecular complexity index is 1780. The molecule has 12 nitrogen and oxygen atoms in total. The zero-order valence-corrected chi connectivity index (χ0v) is 39.5. The van der Waals surface area contributed by atoms with Crippen LogP contribution in [-0.2, 0) is 18.9 Å². The molecule has 0 aromatic carbocycles. The first kappa shape index (κ1) is 53.3. The molecule has 2 heterocycles. The summed E-state index contributed by atoms with van der Waals surface area (Å²) in [6.45, 7) is 20.0. The van der Waals surface area contributed by atoms with Crippen LogP contribution in [-0.4, -0.2) is 128 Å². The molecule has 12 atom stereocenters. The van der Waals surface area contributed by atoms with Crippen LogP contribution in [0.3, 0.4) is 0 Å². The summed E-state index contributed by atoms with van der Waals surface area (Å²) in [5.41, 5.74) is 8.72. The Hall–Kier alpha value is -3.34. The third-order valence-corrected chi connectivity index (χ3v) is 12.6. The van der Waals surface area contributed by atoms with Gasteiger partial charge < -0.3 is 59.8 Å². The van der Waals surface area contributed by atoms with Gasteiger partial charge in [0.05, 0.1) is 25.4 Å². The van der Waals surface area contributed by atoms with Gasteiger partial charge in [0.1, 0.15) is 48.8 Å². The third kappa shape index (κ3) is 14.6. The third-order valence-electron chi connectivity index (χ3n) is 12.6. The van der Waals surface area contributed by atoms with Crippen molar-refractivity contribution in [1.82, 2.24) is 0 Å². The molecule has 2 aliphatic heterocycles. The van der Waals surface area contributed by atoms with Gasteiger partial charge in [-0.05, 0) is 89.2 Å². The van der Waals surface area contributed by atoms with Crippen LogP contribution in [0.5, 0.6) is 0 Å². The number of rotatable bonds is 16. The van der Waals surface area contributed by atoms with Gasteiger partial charge in [-0.25, -0.2) is 0 Å². The summed E-state index contributed by atoms with van der Waals surface area (Å²) in [4.78, 5) is 0. The zero-order valence-electron chi connectivity index (χ0n) is 39.5. The van der Waals surface area contributed by atoms with Crippen molar-refractivity contribution in [2.75, 3.05) is 13.2 Å². The van der Waals surface area contributed by atoms with Gasteiger partial charge in [0.25, 0.3) is 0 Å². The van der Waals surface area contributed by atoms with Crippen molar-refractivity contribution < 1.29 is 59.8 Å². The summed E-state index contributed by atoms with van der Waals surface area (Å²) in [5.74, 6) is 0. The van der Waals surface area contributed by atoms with Crippen LogP contribution in [0.4, 0.5) is 0 Å². The van der Waals surface area contributed by atoms with E-state index < -0.39 is 74.6 Å². The Morgan fingerprint density at radius 2 is 0.844 bits per heavy atom. The first-order valence-electron chi connectivity index (χ1n) is 22.5. The zero-order chi connectivity index (χ0) is 47.5. The molecule has 8 N–H and O–H groups in total. The van der Waals surface area contributed by atoms with Gasteiger partial charge in [0.15, 0.2) is 12.6 Å².